The number of amides is 2. The minimum absolute atomic E-state index is 0.0722. The molecule has 1 atom stereocenters. The van der Waals surface area contributed by atoms with Gasteiger partial charge in [-0.15, -0.1) is 0 Å². The second kappa shape index (κ2) is 6.47. The van der Waals surface area contributed by atoms with Crippen LogP contribution < -0.4 is 5.32 Å². The third-order valence-corrected chi connectivity index (χ3v) is 3.12. The minimum Gasteiger partial charge on any atom is -0.481 e. The first kappa shape index (κ1) is 13.8. The minimum atomic E-state index is -0.815. The van der Waals surface area contributed by atoms with E-state index >= 15 is 0 Å². The fraction of sp³-hybridized carbons (Fsp3) is 0.833. The molecule has 0 bridgehead atoms. The van der Waals surface area contributed by atoms with Crippen LogP contribution in [0.25, 0.3) is 0 Å². The number of hydrogen-bond donors (Lipinski definition) is 2. The van der Waals surface area contributed by atoms with Gasteiger partial charge in [0.2, 0.25) is 0 Å². The molecule has 2 N–H and O–H groups in total. The number of carbonyl (C=O) groups is 2. The van der Waals surface area contributed by atoms with Crippen molar-refractivity contribution in [1.29, 1.82) is 0 Å². The molecule has 2 amide bonds. The van der Waals surface area contributed by atoms with Crippen LogP contribution in [-0.4, -0.2) is 41.6 Å². The van der Waals surface area contributed by atoms with Gasteiger partial charge < -0.3 is 15.3 Å². The number of rotatable bonds is 7. The van der Waals surface area contributed by atoms with Crippen molar-refractivity contribution in [3.05, 3.63) is 0 Å². The van der Waals surface area contributed by atoms with Crippen molar-refractivity contribution in [3.63, 3.8) is 0 Å². The molecule has 17 heavy (non-hydrogen) atoms. The number of nitrogens with one attached hydrogen (secondary N) is 1. The van der Waals surface area contributed by atoms with E-state index in [-0.39, 0.29) is 6.03 Å². The van der Waals surface area contributed by atoms with Crippen molar-refractivity contribution >= 4 is 12.0 Å². The Hall–Kier alpha value is -1.26. The topological polar surface area (TPSA) is 69.6 Å². The van der Waals surface area contributed by atoms with Gasteiger partial charge in [-0.1, -0.05) is 6.92 Å². The average Bonchev–Trinajstić information content (AvgIpc) is 3.09. The van der Waals surface area contributed by atoms with E-state index in [0.717, 1.165) is 6.54 Å². The Bertz CT molecular complexity index is 277. The van der Waals surface area contributed by atoms with Gasteiger partial charge in [-0.3, -0.25) is 4.79 Å². The molecule has 0 aromatic carbocycles. The molecule has 0 saturated heterocycles. The quantitative estimate of drug-likeness (QED) is 0.711. The molecule has 1 saturated carbocycles. The van der Waals surface area contributed by atoms with Gasteiger partial charge in [-0.25, -0.2) is 4.79 Å². The van der Waals surface area contributed by atoms with Crippen molar-refractivity contribution in [2.24, 2.45) is 11.8 Å². The van der Waals surface area contributed by atoms with Crippen LogP contribution in [0.5, 0.6) is 0 Å². The molecular formula is C12H22N2O3. The van der Waals surface area contributed by atoms with Gasteiger partial charge in [0.1, 0.15) is 0 Å². The van der Waals surface area contributed by atoms with E-state index in [9.17, 15) is 9.59 Å². The Morgan fingerprint density at radius 1 is 1.47 bits per heavy atom. The van der Waals surface area contributed by atoms with E-state index in [1.165, 1.54) is 12.8 Å². The molecule has 1 unspecified atom stereocenters. The van der Waals surface area contributed by atoms with Crippen LogP contribution in [0.2, 0.25) is 0 Å². The van der Waals surface area contributed by atoms with Crippen molar-refractivity contribution in [3.8, 4) is 0 Å². The van der Waals surface area contributed by atoms with E-state index in [4.69, 9.17) is 5.11 Å². The Kier molecular flexibility index (Phi) is 5.25. The Balaban J connectivity index is 2.19. The average molecular weight is 242 g/mol. The molecule has 5 heteroatoms. The van der Waals surface area contributed by atoms with Crippen LogP contribution in [0, 0.1) is 11.8 Å². The van der Waals surface area contributed by atoms with Gasteiger partial charge in [0.15, 0.2) is 0 Å². The SMILES string of the molecule is CCN(CC1CC1)C(=O)NCCC(C)C(=O)O. The second-order valence-electron chi connectivity index (χ2n) is 4.74. The van der Waals surface area contributed by atoms with Crippen LogP contribution in [0.3, 0.4) is 0 Å². The molecule has 1 aliphatic carbocycles. The summed E-state index contributed by atoms with van der Waals surface area (Å²) in [5.74, 6) is -0.544. The van der Waals surface area contributed by atoms with Crippen LogP contribution >= 0.6 is 0 Å². The molecule has 98 valence electrons. The fourth-order valence-electron chi connectivity index (χ4n) is 1.60. The Morgan fingerprint density at radius 3 is 2.59 bits per heavy atom. The molecule has 0 aromatic heterocycles. The molecule has 1 aliphatic rings. The standard InChI is InChI=1S/C12H22N2O3/c1-3-14(8-10-4-5-10)12(17)13-7-6-9(2)11(15)16/h9-10H,3-8H2,1-2H3,(H,13,17)(H,15,16). The molecule has 0 heterocycles. The van der Waals surface area contributed by atoms with E-state index in [0.29, 0.717) is 25.4 Å². The molecule has 1 fully saturated rings. The van der Waals surface area contributed by atoms with Crippen LogP contribution in [0.1, 0.15) is 33.1 Å². The number of urea groups is 1. The highest BCUT2D eigenvalue weighted by Gasteiger charge is 2.25. The molecule has 0 radical (unpaired) electrons. The van der Waals surface area contributed by atoms with Crippen LogP contribution in [-0.2, 0) is 4.79 Å². The van der Waals surface area contributed by atoms with Gasteiger partial charge in [-0.05, 0) is 32.1 Å². The zero-order chi connectivity index (χ0) is 12.8. The van der Waals surface area contributed by atoms with E-state index in [2.05, 4.69) is 5.32 Å². The predicted molar refractivity (Wildman–Crippen MR) is 64.8 cm³/mol. The highest BCUT2D eigenvalue weighted by Crippen LogP contribution is 2.29. The van der Waals surface area contributed by atoms with Crippen LogP contribution in [0.15, 0.2) is 0 Å². The number of carbonyl (C=O) groups excluding carboxylic acids is 1. The third-order valence-electron chi connectivity index (χ3n) is 3.12. The monoisotopic (exact) mass is 242 g/mol. The number of aliphatic carboxylic acids is 1. The molecule has 1 rings (SSSR count). The highest BCUT2D eigenvalue weighted by atomic mass is 16.4. The number of nitrogens with zero attached hydrogens (tertiary/aromatic N) is 1. The van der Waals surface area contributed by atoms with Gasteiger partial charge in [0, 0.05) is 19.6 Å². The molecule has 5 nitrogen and oxygen atoms in total. The molecule has 0 aliphatic heterocycles. The normalized spacial score (nSPS) is 16.4. The first-order valence-corrected chi connectivity index (χ1v) is 6.30. The summed E-state index contributed by atoms with van der Waals surface area (Å²) in [7, 11) is 0. The van der Waals surface area contributed by atoms with Crippen molar-refractivity contribution in [2.75, 3.05) is 19.6 Å². The number of carboxylic acid groups (broad SMARTS) is 1. The zero-order valence-electron chi connectivity index (χ0n) is 10.6. The van der Waals surface area contributed by atoms with E-state index in [1.807, 2.05) is 6.92 Å². The van der Waals surface area contributed by atoms with Gasteiger partial charge >= 0.3 is 12.0 Å². The molecular weight excluding hydrogens is 220 g/mol. The first-order chi connectivity index (χ1) is 8.04. The summed E-state index contributed by atoms with van der Waals surface area (Å²) in [6, 6.07) is -0.0722. The lowest BCUT2D eigenvalue weighted by atomic mass is 10.1. The third kappa shape index (κ3) is 5.06. The van der Waals surface area contributed by atoms with Crippen LogP contribution in [0.4, 0.5) is 4.79 Å². The molecule has 0 aromatic rings. The van der Waals surface area contributed by atoms with E-state index < -0.39 is 11.9 Å². The second-order valence-corrected chi connectivity index (χ2v) is 4.74. The maximum atomic E-state index is 11.8. The van der Waals surface area contributed by atoms with Gasteiger partial charge in [0.25, 0.3) is 0 Å². The van der Waals surface area contributed by atoms with E-state index in [1.54, 1.807) is 11.8 Å². The lowest BCUT2D eigenvalue weighted by Gasteiger charge is -2.21. The molecule has 0 spiro atoms. The number of carboxylic acids is 1. The summed E-state index contributed by atoms with van der Waals surface area (Å²) in [6.45, 7) is 5.57. The van der Waals surface area contributed by atoms with Gasteiger partial charge in [0.05, 0.1) is 5.92 Å². The van der Waals surface area contributed by atoms with Crippen molar-refractivity contribution in [2.45, 2.75) is 33.1 Å². The Labute approximate surface area is 102 Å². The number of hydrogen-bond acceptors (Lipinski definition) is 2. The Morgan fingerprint density at radius 2 is 2.12 bits per heavy atom. The fourth-order valence-corrected chi connectivity index (χ4v) is 1.60. The maximum absolute atomic E-state index is 11.8. The lowest BCUT2D eigenvalue weighted by Crippen LogP contribution is -2.41. The largest absolute Gasteiger partial charge is 0.481 e. The summed E-state index contributed by atoms with van der Waals surface area (Å²) in [5.41, 5.74) is 0. The zero-order valence-corrected chi connectivity index (χ0v) is 10.6. The summed E-state index contributed by atoms with van der Waals surface area (Å²) in [4.78, 5) is 24.1. The van der Waals surface area contributed by atoms with Crippen molar-refractivity contribution < 1.29 is 14.7 Å². The smallest absolute Gasteiger partial charge is 0.317 e. The first-order valence-electron chi connectivity index (χ1n) is 6.30. The summed E-state index contributed by atoms with van der Waals surface area (Å²) < 4.78 is 0. The highest BCUT2D eigenvalue weighted by molar-refractivity contribution is 5.74. The summed E-state index contributed by atoms with van der Waals surface area (Å²) >= 11 is 0. The van der Waals surface area contributed by atoms with Crippen molar-refractivity contribution in [1.82, 2.24) is 10.2 Å². The lowest BCUT2D eigenvalue weighted by molar-refractivity contribution is -0.141. The van der Waals surface area contributed by atoms with Gasteiger partial charge in [-0.2, -0.15) is 0 Å². The summed E-state index contributed by atoms with van der Waals surface area (Å²) in [6.07, 6.45) is 2.92. The maximum Gasteiger partial charge on any atom is 0.317 e. The predicted octanol–water partition coefficient (Wildman–Crippen LogP) is 1.54. The summed E-state index contributed by atoms with van der Waals surface area (Å²) in [5, 5.41) is 11.5.